The highest BCUT2D eigenvalue weighted by Gasteiger charge is 2.49. The van der Waals surface area contributed by atoms with Crippen LogP contribution in [0.5, 0.6) is 11.5 Å². The van der Waals surface area contributed by atoms with Gasteiger partial charge in [0.05, 0.1) is 38.3 Å². The summed E-state index contributed by atoms with van der Waals surface area (Å²) >= 11 is 0. The molecule has 2 aliphatic heterocycles. The molecule has 1 amide bonds. The number of anilines is 1. The average molecular weight is 459 g/mol. The Hall–Kier alpha value is -2.58. The minimum absolute atomic E-state index is 0.00207. The summed E-state index contributed by atoms with van der Waals surface area (Å²) in [6.07, 6.45) is 1.54. The Morgan fingerprint density at radius 3 is 2.38 bits per heavy atom. The summed E-state index contributed by atoms with van der Waals surface area (Å²) in [7, 11) is 0.0120. The van der Waals surface area contributed by atoms with E-state index in [0.717, 1.165) is 29.2 Å². The van der Waals surface area contributed by atoms with Crippen molar-refractivity contribution in [3.8, 4) is 11.5 Å². The topological polar surface area (TPSA) is 76.2 Å². The number of hydrogen-bond donors (Lipinski definition) is 0. The van der Waals surface area contributed by atoms with Crippen LogP contribution in [0.4, 0.5) is 5.69 Å². The molecule has 2 aliphatic rings. The number of benzene rings is 2. The van der Waals surface area contributed by atoms with Crippen molar-refractivity contribution in [2.75, 3.05) is 43.7 Å². The molecule has 0 bridgehead atoms. The van der Waals surface area contributed by atoms with E-state index < -0.39 is 9.84 Å². The predicted octanol–water partition coefficient (Wildman–Crippen LogP) is 2.32. The van der Waals surface area contributed by atoms with Gasteiger partial charge in [0.2, 0.25) is 5.91 Å². The van der Waals surface area contributed by atoms with Gasteiger partial charge in [-0.25, -0.2) is 8.42 Å². The Kier molecular flexibility index (Phi) is 6.44. The van der Waals surface area contributed by atoms with E-state index in [0.29, 0.717) is 13.0 Å². The second-order valence-electron chi connectivity index (χ2n) is 8.39. The number of nitrogens with zero attached hydrogens (tertiary/aromatic N) is 2. The first-order chi connectivity index (χ1) is 15.3. The Morgan fingerprint density at radius 1 is 1.00 bits per heavy atom. The van der Waals surface area contributed by atoms with Gasteiger partial charge < -0.3 is 14.4 Å². The maximum atomic E-state index is 13.2. The molecule has 172 valence electrons. The SMILES string of the molecule is CCc1ccc(N2C(=O)CN(CCc3cc(OC)ccc3OC)[C@H]3CS(=O)(=O)C[C@H]32)cc1. The van der Waals surface area contributed by atoms with E-state index in [1.54, 1.807) is 19.1 Å². The molecule has 2 aromatic rings. The zero-order chi connectivity index (χ0) is 22.9. The first-order valence-corrected chi connectivity index (χ1v) is 12.7. The van der Waals surface area contributed by atoms with Crippen LogP contribution in [0.2, 0.25) is 0 Å². The molecule has 0 unspecified atom stereocenters. The first-order valence-electron chi connectivity index (χ1n) is 10.9. The highest BCUT2D eigenvalue weighted by atomic mass is 32.2. The smallest absolute Gasteiger partial charge is 0.241 e. The van der Waals surface area contributed by atoms with E-state index in [4.69, 9.17) is 9.47 Å². The number of rotatable bonds is 7. The number of fused-ring (bicyclic) bond motifs is 1. The van der Waals surface area contributed by atoms with Crippen molar-refractivity contribution in [1.29, 1.82) is 0 Å². The molecule has 8 heteroatoms. The zero-order valence-corrected chi connectivity index (χ0v) is 19.6. The maximum Gasteiger partial charge on any atom is 0.241 e. The fraction of sp³-hybridized carbons (Fsp3) is 0.458. The zero-order valence-electron chi connectivity index (χ0n) is 18.8. The van der Waals surface area contributed by atoms with E-state index in [2.05, 4.69) is 6.92 Å². The van der Waals surface area contributed by atoms with Crippen molar-refractivity contribution in [3.63, 3.8) is 0 Å². The van der Waals surface area contributed by atoms with Crippen molar-refractivity contribution in [3.05, 3.63) is 53.6 Å². The average Bonchev–Trinajstić information content (AvgIpc) is 3.12. The number of carbonyl (C=O) groups excluding carboxylic acids is 1. The number of sulfone groups is 1. The number of methoxy groups -OCH3 is 2. The normalized spacial score (nSPS) is 22.6. The standard InChI is InChI=1S/C24H30N2O5S/c1-4-17-5-7-19(8-6-17)26-22-16-32(28,29)15-21(22)25(14-24(26)27)12-11-18-13-20(30-2)9-10-23(18)31-3/h5-10,13,21-22H,4,11-12,14-16H2,1-3H3/t21-,22+/m0/s1. The van der Waals surface area contributed by atoms with Crippen molar-refractivity contribution < 1.29 is 22.7 Å². The van der Waals surface area contributed by atoms with Crippen LogP contribution in [-0.4, -0.2) is 70.1 Å². The molecule has 4 rings (SSSR count). The summed E-state index contributed by atoms with van der Waals surface area (Å²) in [5.74, 6) is 1.49. The third-order valence-corrected chi connectivity index (χ3v) is 8.18. The fourth-order valence-corrected chi connectivity index (χ4v) is 6.75. The van der Waals surface area contributed by atoms with Crippen molar-refractivity contribution in [2.24, 2.45) is 0 Å². The molecule has 0 N–H and O–H groups in total. The largest absolute Gasteiger partial charge is 0.497 e. The van der Waals surface area contributed by atoms with E-state index in [-0.39, 0.29) is 36.0 Å². The molecule has 2 heterocycles. The summed E-state index contributed by atoms with van der Waals surface area (Å²) < 4.78 is 36.0. The Bertz CT molecular complexity index is 1080. The van der Waals surface area contributed by atoms with E-state index >= 15 is 0 Å². The van der Waals surface area contributed by atoms with Gasteiger partial charge in [-0.15, -0.1) is 0 Å². The number of piperazine rings is 1. The molecular weight excluding hydrogens is 428 g/mol. The van der Waals surface area contributed by atoms with Gasteiger partial charge in [-0.1, -0.05) is 19.1 Å². The van der Waals surface area contributed by atoms with Gasteiger partial charge in [0, 0.05) is 18.3 Å². The van der Waals surface area contributed by atoms with Crippen LogP contribution >= 0.6 is 0 Å². The number of hydrogen-bond acceptors (Lipinski definition) is 6. The second-order valence-corrected chi connectivity index (χ2v) is 10.5. The number of carbonyl (C=O) groups is 1. The monoisotopic (exact) mass is 458 g/mol. The summed E-state index contributed by atoms with van der Waals surface area (Å²) in [4.78, 5) is 16.9. The lowest BCUT2D eigenvalue weighted by Crippen LogP contribution is -2.62. The second kappa shape index (κ2) is 9.11. The van der Waals surface area contributed by atoms with Crippen LogP contribution in [-0.2, 0) is 27.5 Å². The van der Waals surface area contributed by atoms with Gasteiger partial charge in [0.1, 0.15) is 11.5 Å². The lowest BCUT2D eigenvalue weighted by atomic mass is 10.0. The molecule has 0 aromatic heterocycles. The van der Waals surface area contributed by atoms with Crippen LogP contribution in [0, 0.1) is 0 Å². The molecule has 2 saturated heterocycles. The van der Waals surface area contributed by atoms with E-state index in [1.807, 2.05) is 47.4 Å². The number of ether oxygens (including phenoxy) is 2. The summed E-state index contributed by atoms with van der Waals surface area (Å²) in [6, 6.07) is 12.9. The molecule has 0 aliphatic carbocycles. The quantitative estimate of drug-likeness (QED) is 0.634. The molecule has 0 radical (unpaired) electrons. The summed E-state index contributed by atoms with van der Waals surface area (Å²) in [6.45, 7) is 2.84. The van der Waals surface area contributed by atoms with Crippen LogP contribution in [0.3, 0.4) is 0 Å². The predicted molar refractivity (Wildman–Crippen MR) is 124 cm³/mol. The molecule has 0 saturated carbocycles. The lowest BCUT2D eigenvalue weighted by molar-refractivity contribution is -0.123. The van der Waals surface area contributed by atoms with Crippen LogP contribution in [0.1, 0.15) is 18.1 Å². The van der Waals surface area contributed by atoms with Gasteiger partial charge in [-0.05, 0) is 54.3 Å². The summed E-state index contributed by atoms with van der Waals surface area (Å²) in [5, 5.41) is 0. The van der Waals surface area contributed by atoms with Crippen LogP contribution in [0.15, 0.2) is 42.5 Å². The molecule has 0 spiro atoms. The van der Waals surface area contributed by atoms with E-state index in [9.17, 15) is 13.2 Å². The van der Waals surface area contributed by atoms with Crippen molar-refractivity contribution >= 4 is 21.4 Å². The fourth-order valence-electron chi connectivity index (χ4n) is 4.77. The van der Waals surface area contributed by atoms with Crippen LogP contribution < -0.4 is 14.4 Å². The van der Waals surface area contributed by atoms with Gasteiger partial charge >= 0.3 is 0 Å². The van der Waals surface area contributed by atoms with Crippen LogP contribution in [0.25, 0.3) is 0 Å². The van der Waals surface area contributed by atoms with Gasteiger partial charge in [0.25, 0.3) is 0 Å². The third-order valence-electron chi connectivity index (χ3n) is 6.48. The van der Waals surface area contributed by atoms with Crippen molar-refractivity contribution in [2.45, 2.75) is 31.8 Å². The summed E-state index contributed by atoms with van der Waals surface area (Å²) in [5.41, 5.74) is 2.92. The first kappa shape index (κ1) is 22.6. The number of aryl methyl sites for hydroxylation is 1. The molecular formula is C24H30N2O5S. The number of amides is 1. The van der Waals surface area contributed by atoms with Gasteiger partial charge in [0.15, 0.2) is 9.84 Å². The van der Waals surface area contributed by atoms with Gasteiger partial charge in [-0.2, -0.15) is 0 Å². The molecule has 2 atom stereocenters. The maximum absolute atomic E-state index is 13.2. The molecule has 2 fully saturated rings. The minimum atomic E-state index is -3.23. The van der Waals surface area contributed by atoms with Crippen molar-refractivity contribution in [1.82, 2.24) is 4.90 Å². The Labute approximate surface area is 189 Å². The lowest BCUT2D eigenvalue weighted by Gasteiger charge is -2.43. The Balaban J connectivity index is 1.57. The van der Waals surface area contributed by atoms with Gasteiger partial charge in [-0.3, -0.25) is 9.69 Å². The highest BCUT2D eigenvalue weighted by Crippen LogP contribution is 2.32. The highest BCUT2D eigenvalue weighted by molar-refractivity contribution is 7.91. The Morgan fingerprint density at radius 2 is 1.72 bits per heavy atom. The molecule has 32 heavy (non-hydrogen) atoms. The molecule has 2 aromatic carbocycles. The molecule has 7 nitrogen and oxygen atoms in total. The third kappa shape index (κ3) is 4.47. The minimum Gasteiger partial charge on any atom is -0.497 e. The van der Waals surface area contributed by atoms with E-state index in [1.165, 1.54) is 5.56 Å².